The van der Waals surface area contributed by atoms with Crippen LogP contribution in [0.5, 0.6) is 5.75 Å². The molecule has 9 heteroatoms. The average molecular weight is 479 g/mol. The Balaban J connectivity index is 1.67. The van der Waals surface area contributed by atoms with Gasteiger partial charge in [-0.05, 0) is 56.2 Å². The fraction of sp³-hybridized carbons (Fsp3) is 0.280. The lowest BCUT2D eigenvalue weighted by Crippen LogP contribution is -2.48. The predicted molar refractivity (Wildman–Crippen MR) is 130 cm³/mol. The van der Waals surface area contributed by atoms with Crippen LogP contribution in [0.4, 0.5) is 4.79 Å². The largest absolute Gasteiger partial charge is 0.489 e. The first kappa shape index (κ1) is 24.7. The molecular weight excluding hydrogens is 452 g/mol. The van der Waals surface area contributed by atoms with Crippen LogP contribution in [0.15, 0.2) is 54.0 Å². The number of nitrogens with one attached hydrogen (secondary N) is 1. The minimum absolute atomic E-state index is 0.167. The van der Waals surface area contributed by atoms with Gasteiger partial charge in [0.15, 0.2) is 0 Å². The third kappa shape index (κ3) is 6.33. The first-order valence-corrected chi connectivity index (χ1v) is 11.5. The van der Waals surface area contributed by atoms with Crippen molar-refractivity contribution in [2.45, 2.75) is 32.9 Å². The maximum atomic E-state index is 12.8. The van der Waals surface area contributed by atoms with Gasteiger partial charge < -0.3 is 20.1 Å². The van der Waals surface area contributed by atoms with Gasteiger partial charge in [0.05, 0.1) is 22.0 Å². The highest BCUT2D eigenvalue weighted by atomic mass is 32.1. The van der Waals surface area contributed by atoms with E-state index in [9.17, 15) is 14.7 Å². The fourth-order valence-corrected chi connectivity index (χ4v) is 4.10. The molecule has 1 aromatic heterocycles. The summed E-state index contributed by atoms with van der Waals surface area (Å²) < 4.78 is 5.89. The average Bonchev–Trinajstić information content (AvgIpc) is 3.30. The summed E-state index contributed by atoms with van der Waals surface area (Å²) in [7, 11) is 0. The molecule has 2 N–H and O–H groups in total. The smallest absolute Gasteiger partial charge is 0.407 e. The molecule has 2 aromatic carbocycles. The molecule has 3 aromatic rings. The predicted octanol–water partition coefficient (Wildman–Crippen LogP) is 4.77. The van der Waals surface area contributed by atoms with E-state index in [0.29, 0.717) is 22.8 Å². The van der Waals surface area contributed by atoms with Crippen LogP contribution in [0, 0.1) is 11.3 Å². The molecule has 0 radical (unpaired) electrons. The number of hydrogen-bond donors (Lipinski definition) is 2. The SMILES string of the molecule is CC(C)(C)N(CCNC(=O)c1ncsc1-c1cccc(OCc2cccc(C#N)c2)c1)C(=O)O. The summed E-state index contributed by atoms with van der Waals surface area (Å²) >= 11 is 1.34. The number of carboxylic acid groups (broad SMARTS) is 1. The van der Waals surface area contributed by atoms with Crippen LogP contribution in [0.1, 0.15) is 42.4 Å². The Hall–Kier alpha value is -3.90. The molecule has 0 aliphatic carbocycles. The molecule has 8 nitrogen and oxygen atoms in total. The van der Waals surface area contributed by atoms with Crippen LogP contribution in [0.3, 0.4) is 0 Å². The van der Waals surface area contributed by atoms with Gasteiger partial charge in [-0.1, -0.05) is 24.3 Å². The molecule has 176 valence electrons. The molecule has 0 saturated heterocycles. The first-order valence-electron chi connectivity index (χ1n) is 10.6. The minimum atomic E-state index is -1.03. The Morgan fingerprint density at radius 3 is 2.68 bits per heavy atom. The van der Waals surface area contributed by atoms with Gasteiger partial charge in [0.1, 0.15) is 18.1 Å². The van der Waals surface area contributed by atoms with Crippen LogP contribution >= 0.6 is 11.3 Å². The zero-order valence-electron chi connectivity index (χ0n) is 19.2. The standard InChI is InChI=1S/C25H26N4O4S/c1-25(2,3)29(24(31)32)11-10-27-23(30)21-22(34-16-28-21)19-8-5-9-20(13-19)33-15-18-7-4-6-17(12-18)14-26/h4-9,12-13,16H,10-11,15H2,1-3H3,(H,27,30)(H,31,32). The number of carbonyl (C=O) groups excluding carboxylic acids is 1. The second kappa shape index (κ2) is 10.8. The number of amides is 2. The highest BCUT2D eigenvalue weighted by molar-refractivity contribution is 7.13. The molecule has 0 spiro atoms. The first-order chi connectivity index (χ1) is 16.2. The van der Waals surface area contributed by atoms with Crippen molar-refractivity contribution in [1.82, 2.24) is 15.2 Å². The van der Waals surface area contributed by atoms with Gasteiger partial charge in [0.25, 0.3) is 5.91 Å². The highest BCUT2D eigenvalue weighted by Gasteiger charge is 2.26. The van der Waals surface area contributed by atoms with Crippen molar-refractivity contribution in [1.29, 1.82) is 5.26 Å². The lowest BCUT2D eigenvalue weighted by Gasteiger charge is -2.33. The molecule has 0 aliphatic rings. The van der Waals surface area contributed by atoms with E-state index < -0.39 is 11.6 Å². The number of benzene rings is 2. The monoisotopic (exact) mass is 478 g/mol. The summed E-state index contributed by atoms with van der Waals surface area (Å²) in [5.74, 6) is 0.261. The van der Waals surface area contributed by atoms with E-state index in [1.165, 1.54) is 16.2 Å². The number of thiazole rings is 1. The van der Waals surface area contributed by atoms with Crippen LogP contribution in [0.2, 0.25) is 0 Å². The molecule has 3 rings (SSSR count). The Bertz CT molecular complexity index is 1210. The number of ether oxygens (including phenoxy) is 1. The number of aromatic nitrogens is 1. The molecule has 34 heavy (non-hydrogen) atoms. The van der Waals surface area contributed by atoms with E-state index >= 15 is 0 Å². The van der Waals surface area contributed by atoms with Crippen molar-refractivity contribution < 1.29 is 19.4 Å². The van der Waals surface area contributed by atoms with Gasteiger partial charge in [0.2, 0.25) is 0 Å². The quantitative estimate of drug-likeness (QED) is 0.482. The highest BCUT2D eigenvalue weighted by Crippen LogP contribution is 2.30. The van der Waals surface area contributed by atoms with Crippen molar-refractivity contribution >= 4 is 23.3 Å². The molecule has 1 heterocycles. The lowest BCUT2D eigenvalue weighted by molar-refractivity contribution is 0.0889. The summed E-state index contributed by atoms with van der Waals surface area (Å²) in [6.07, 6.45) is -1.03. The summed E-state index contributed by atoms with van der Waals surface area (Å²) in [5, 5.41) is 21.2. The van der Waals surface area contributed by atoms with E-state index in [0.717, 1.165) is 11.1 Å². The molecular formula is C25H26N4O4S. The maximum Gasteiger partial charge on any atom is 0.407 e. The fourth-order valence-electron chi connectivity index (χ4n) is 3.32. The molecule has 0 unspecified atom stereocenters. The van der Waals surface area contributed by atoms with Gasteiger partial charge in [-0.2, -0.15) is 5.26 Å². The molecule has 2 amide bonds. The molecule has 0 atom stereocenters. The molecule has 0 bridgehead atoms. The number of hydrogen-bond acceptors (Lipinski definition) is 6. The Kier molecular flexibility index (Phi) is 7.87. The molecule has 0 saturated carbocycles. The topological polar surface area (TPSA) is 116 Å². The number of nitriles is 1. The zero-order chi connectivity index (χ0) is 24.7. The second-order valence-corrected chi connectivity index (χ2v) is 9.37. The maximum absolute atomic E-state index is 12.8. The summed E-state index contributed by atoms with van der Waals surface area (Å²) in [6, 6.07) is 16.7. The Labute approximate surface area is 202 Å². The van der Waals surface area contributed by atoms with Crippen LogP contribution in [-0.4, -0.2) is 45.6 Å². The van der Waals surface area contributed by atoms with Gasteiger partial charge in [-0.3, -0.25) is 4.79 Å². The van der Waals surface area contributed by atoms with Crippen molar-refractivity contribution in [3.63, 3.8) is 0 Å². The van der Waals surface area contributed by atoms with Gasteiger partial charge in [-0.15, -0.1) is 11.3 Å². The van der Waals surface area contributed by atoms with Crippen LogP contribution in [0.25, 0.3) is 10.4 Å². The summed E-state index contributed by atoms with van der Waals surface area (Å²) in [4.78, 5) is 30.4. The van der Waals surface area contributed by atoms with Crippen molar-refractivity contribution in [2.24, 2.45) is 0 Å². The number of rotatable bonds is 8. The Morgan fingerprint density at radius 2 is 1.97 bits per heavy atom. The van der Waals surface area contributed by atoms with Crippen molar-refractivity contribution in [2.75, 3.05) is 13.1 Å². The second-order valence-electron chi connectivity index (χ2n) is 8.52. The van der Waals surface area contributed by atoms with E-state index in [1.807, 2.05) is 36.4 Å². The minimum Gasteiger partial charge on any atom is -0.489 e. The van der Waals surface area contributed by atoms with Crippen molar-refractivity contribution in [3.8, 4) is 22.3 Å². The third-order valence-electron chi connectivity index (χ3n) is 5.00. The van der Waals surface area contributed by atoms with Gasteiger partial charge in [-0.25, -0.2) is 9.78 Å². The molecule has 0 fully saturated rings. The van der Waals surface area contributed by atoms with Gasteiger partial charge in [0, 0.05) is 18.6 Å². The summed E-state index contributed by atoms with van der Waals surface area (Å²) in [5.41, 5.74) is 3.55. The van der Waals surface area contributed by atoms with Crippen LogP contribution in [-0.2, 0) is 6.61 Å². The van der Waals surface area contributed by atoms with E-state index in [2.05, 4.69) is 16.4 Å². The zero-order valence-corrected chi connectivity index (χ0v) is 20.1. The normalized spacial score (nSPS) is 10.9. The molecule has 0 aliphatic heterocycles. The van der Waals surface area contributed by atoms with E-state index in [-0.39, 0.29) is 24.7 Å². The number of carbonyl (C=O) groups is 2. The van der Waals surface area contributed by atoms with Crippen molar-refractivity contribution in [3.05, 3.63) is 70.9 Å². The summed E-state index contributed by atoms with van der Waals surface area (Å²) in [6.45, 7) is 6.05. The van der Waals surface area contributed by atoms with Crippen LogP contribution < -0.4 is 10.1 Å². The lowest BCUT2D eigenvalue weighted by atomic mass is 10.1. The number of nitrogens with zero attached hydrogens (tertiary/aromatic N) is 3. The van der Waals surface area contributed by atoms with Gasteiger partial charge >= 0.3 is 6.09 Å². The van der Waals surface area contributed by atoms with E-state index in [4.69, 9.17) is 10.00 Å². The third-order valence-corrected chi connectivity index (χ3v) is 5.88. The Morgan fingerprint density at radius 1 is 1.21 bits per heavy atom. The van der Waals surface area contributed by atoms with E-state index in [1.54, 1.807) is 38.4 Å².